The summed E-state index contributed by atoms with van der Waals surface area (Å²) in [7, 11) is 0. The smallest absolute Gasteiger partial charge is 0.124 e. The number of phenols is 1. The van der Waals surface area contributed by atoms with Gasteiger partial charge in [-0.25, -0.2) is 0 Å². The van der Waals surface area contributed by atoms with E-state index in [1.165, 1.54) is 12.8 Å². The van der Waals surface area contributed by atoms with Gasteiger partial charge in [-0.05, 0) is 42.5 Å². The number of aromatic hydroxyl groups is 1. The third-order valence-electron chi connectivity index (χ3n) is 3.27. The fourth-order valence-corrected chi connectivity index (χ4v) is 2.16. The Balaban J connectivity index is 2.20. The van der Waals surface area contributed by atoms with Crippen LogP contribution < -0.4 is 5.73 Å². The summed E-state index contributed by atoms with van der Waals surface area (Å²) in [5, 5.41) is 10.5. The lowest BCUT2D eigenvalue weighted by Crippen LogP contribution is -2.13. The second-order valence-electron chi connectivity index (χ2n) is 4.44. The molecule has 1 atom stereocenters. The molecule has 0 amide bonds. The Morgan fingerprint density at radius 1 is 1.31 bits per heavy atom. The molecule has 1 saturated carbocycles. The lowest BCUT2D eigenvalue weighted by molar-refractivity contribution is 0.481. The third kappa shape index (κ3) is 1.44. The molecule has 0 radical (unpaired) electrons. The zero-order valence-electron chi connectivity index (χ0n) is 8.93. The molecule has 3 N–H and O–H groups in total. The lowest BCUT2D eigenvalue weighted by atomic mass is 9.99. The van der Waals surface area contributed by atoms with E-state index in [0.717, 1.165) is 16.5 Å². The van der Waals surface area contributed by atoms with E-state index in [2.05, 4.69) is 4.98 Å². The normalized spacial score (nSPS) is 17.6. The molecule has 3 rings (SSSR count). The molecule has 0 saturated heterocycles. The van der Waals surface area contributed by atoms with Crippen molar-refractivity contribution in [2.45, 2.75) is 18.9 Å². The quantitative estimate of drug-likeness (QED) is 0.806. The number of phenolic OH excluding ortho intramolecular Hbond substituents is 1. The van der Waals surface area contributed by atoms with Crippen LogP contribution >= 0.6 is 0 Å². The van der Waals surface area contributed by atoms with Gasteiger partial charge in [-0.2, -0.15) is 0 Å². The maximum atomic E-state index is 9.75. The van der Waals surface area contributed by atoms with E-state index in [0.29, 0.717) is 5.92 Å². The number of pyridine rings is 1. The molecule has 16 heavy (non-hydrogen) atoms. The number of hydrogen-bond donors (Lipinski definition) is 2. The van der Waals surface area contributed by atoms with Crippen molar-refractivity contribution in [1.29, 1.82) is 0 Å². The molecule has 0 bridgehead atoms. The predicted molar refractivity (Wildman–Crippen MR) is 63.1 cm³/mol. The second-order valence-corrected chi connectivity index (χ2v) is 4.44. The van der Waals surface area contributed by atoms with Crippen molar-refractivity contribution in [2.75, 3.05) is 0 Å². The van der Waals surface area contributed by atoms with Crippen LogP contribution in [0.4, 0.5) is 0 Å². The van der Waals surface area contributed by atoms with Gasteiger partial charge >= 0.3 is 0 Å². The number of benzene rings is 1. The summed E-state index contributed by atoms with van der Waals surface area (Å²) in [4.78, 5) is 4.33. The Bertz CT molecular complexity index is 534. The van der Waals surface area contributed by atoms with E-state index in [9.17, 15) is 5.11 Å². The first-order chi connectivity index (χ1) is 7.77. The molecule has 3 heteroatoms. The SMILES string of the molecule is NC(c1ccc(O)c2cccnc12)C1CC1. The largest absolute Gasteiger partial charge is 0.507 e. The van der Waals surface area contributed by atoms with Gasteiger partial charge < -0.3 is 10.8 Å². The van der Waals surface area contributed by atoms with E-state index in [1.807, 2.05) is 18.2 Å². The summed E-state index contributed by atoms with van der Waals surface area (Å²) in [6.45, 7) is 0. The van der Waals surface area contributed by atoms with Gasteiger partial charge in [0.05, 0.1) is 5.52 Å². The highest BCUT2D eigenvalue weighted by atomic mass is 16.3. The van der Waals surface area contributed by atoms with Crippen molar-refractivity contribution in [3.05, 3.63) is 36.0 Å². The average Bonchev–Trinajstić information content (AvgIpc) is 3.13. The van der Waals surface area contributed by atoms with Gasteiger partial charge in [0.2, 0.25) is 0 Å². The molecule has 1 heterocycles. The van der Waals surface area contributed by atoms with E-state index in [1.54, 1.807) is 12.3 Å². The summed E-state index contributed by atoms with van der Waals surface area (Å²) in [6, 6.07) is 7.36. The van der Waals surface area contributed by atoms with Gasteiger partial charge in [-0.3, -0.25) is 4.98 Å². The van der Waals surface area contributed by atoms with E-state index < -0.39 is 0 Å². The van der Waals surface area contributed by atoms with Gasteiger partial charge in [0, 0.05) is 17.6 Å². The summed E-state index contributed by atoms with van der Waals surface area (Å²) < 4.78 is 0. The van der Waals surface area contributed by atoms with Crippen molar-refractivity contribution >= 4 is 10.9 Å². The predicted octanol–water partition coefficient (Wildman–Crippen LogP) is 2.35. The maximum Gasteiger partial charge on any atom is 0.124 e. The Morgan fingerprint density at radius 3 is 2.88 bits per heavy atom. The highest BCUT2D eigenvalue weighted by Gasteiger charge is 2.30. The molecule has 0 aliphatic heterocycles. The first-order valence-electron chi connectivity index (χ1n) is 5.59. The van der Waals surface area contributed by atoms with Crippen LogP contribution in [0.15, 0.2) is 30.5 Å². The molecule has 1 aromatic carbocycles. The Kier molecular flexibility index (Phi) is 2.07. The number of rotatable bonds is 2. The van der Waals surface area contributed by atoms with Crippen molar-refractivity contribution in [2.24, 2.45) is 11.7 Å². The summed E-state index contributed by atoms with van der Waals surface area (Å²) in [5.41, 5.74) is 8.08. The number of aromatic nitrogens is 1. The Morgan fingerprint density at radius 2 is 2.12 bits per heavy atom. The zero-order valence-corrected chi connectivity index (χ0v) is 8.93. The fraction of sp³-hybridized carbons (Fsp3) is 0.308. The molecule has 1 aromatic heterocycles. The molecule has 1 fully saturated rings. The highest BCUT2D eigenvalue weighted by Crippen LogP contribution is 2.41. The van der Waals surface area contributed by atoms with Crippen molar-refractivity contribution in [3.8, 4) is 5.75 Å². The first kappa shape index (κ1) is 9.60. The van der Waals surface area contributed by atoms with Crippen molar-refractivity contribution < 1.29 is 5.11 Å². The summed E-state index contributed by atoms with van der Waals surface area (Å²) >= 11 is 0. The fourth-order valence-electron chi connectivity index (χ4n) is 2.16. The lowest BCUT2D eigenvalue weighted by Gasteiger charge is -2.13. The highest BCUT2D eigenvalue weighted by molar-refractivity contribution is 5.87. The number of nitrogens with two attached hydrogens (primary N) is 1. The van der Waals surface area contributed by atoms with Gasteiger partial charge in [0.1, 0.15) is 5.75 Å². The molecular weight excluding hydrogens is 200 g/mol. The molecule has 1 unspecified atom stereocenters. The van der Waals surface area contributed by atoms with Crippen LogP contribution in [0, 0.1) is 5.92 Å². The van der Waals surface area contributed by atoms with Gasteiger partial charge in [0.15, 0.2) is 0 Å². The van der Waals surface area contributed by atoms with E-state index >= 15 is 0 Å². The molecule has 2 aromatic rings. The Labute approximate surface area is 93.9 Å². The van der Waals surface area contributed by atoms with Crippen molar-refractivity contribution in [1.82, 2.24) is 4.98 Å². The summed E-state index contributed by atoms with van der Waals surface area (Å²) in [5.74, 6) is 0.865. The van der Waals surface area contributed by atoms with E-state index in [-0.39, 0.29) is 11.8 Å². The number of nitrogens with zero attached hydrogens (tertiary/aromatic N) is 1. The monoisotopic (exact) mass is 214 g/mol. The maximum absolute atomic E-state index is 9.75. The first-order valence-corrected chi connectivity index (χ1v) is 5.59. The Hall–Kier alpha value is -1.61. The van der Waals surface area contributed by atoms with Gasteiger partial charge in [-0.1, -0.05) is 6.07 Å². The van der Waals surface area contributed by atoms with Gasteiger partial charge in [0.25, 0.3) is 0 Å². The standard InChI is InChI=1S/C13H14N2O/c14-12(8-3-4-8)10-5-6-11(16)9-2-1-7-15-13(9)10/h1-2,5-8,12,16H,3-4,14H2. The number of fused-ring (bicyclic) bond motifs is 1. The van der Waals surface area contributed by atoms with Crippen LogP contribution in [0.5, 0.6) is 5.75 Å². The molecular formula is C13H14N2O. The number of hydrogen-bond acceptors (Lipinski definition) is 3. The molecule has 0 spiro atoms. The van der Waals surface area contributed by atoms with Crippen LogP contribution in [0.1, 0.15) is 24.4 Å². The second kappa shape index (κ2) is 3.46. The van der Waals surface area contributed by atoms with Crippen LogP contribution in [0.25, 0.3) is 10.9 Å². The summed E-state index contributed by atoms with van der Waals surface area (Å²) in [6.07, 6.45) is 4.15. The average molecular weight is 214 g/mol. The molecule has 1 aliphatic carbocycles. The molecule has 3 nitrogen and oxygen atoms in total. The van der Waals surface area contributed by atoms with E-state index in [4.69, 9.17) is 5.73 Å². The minimum Gasteiger partial charge on any atom is -0.507 e. The van der Waals surface area contributed by atoms with Gasteiger partial charge in [-0.15, -0.1) is 0 Å². The van der Waals surface area contributed by atoms with Crippen LogP contribution in [0.2, 0.25) is 0 Å². The zero-order chi connectivity index (χ0) is 11.1. The van der Waals surface area contributed by atoms with Crippen LogP contribution in [-0.4, -0.2) is 10.1 Å². The molecule has 1 aliphatic rings. The van der Waals surface area contributed by atoms with Crippen molar-refractivity contribution in [3.63, 3.8) is 0 Å². The minimum absolute atomic E-state index is 0.0537. The molecule has 82 valence electrons. The van der Waals surface area contributed by atoms with Crippen LogP contribution in [0.3, 0.4) is 0 Å². The van der Waals surface area contributed by atoms with Crippen LogP contribution in [-0.2, 0) is 0 Å². The topological polar surface area (TPSA) is 59.1 Å². The third-order valence-corrected chi connectivity index (χ3v) is 3.27. The minimum atomic E-state index is 0.0537.